The van der Waals surface area contributed by atoms with Crippen LogP contribution < -0.4 is 10.0 Å². The molecular weight excluding hydrogens is 392 g/mol. The molecule has 2 aromatic rings. The van der Waals surface area contributed by atoms with Gasteiger partial charge in [0, 0.05) is 23.1 Å². The van der Waals surface area contributed by atoms with Crippen molar-refractivity contribution >= 4 is 37.5 Å². The van der Waals surface area contributed by atoms with Crippen LogP contribution in [0.5, 0.6) is 0 Å². The van der Waals surface area contributed by atoms with Gasteiger partial charge >= 0.3 is 0 Å². The summed E-state index contributed by atoms with van der Waals surface area (Å²) in [6.07, 6.45) is 0.0522. The molecule has 0 aliphatic rings. The summed E-state index contributed by atoms with van der Waals surface area (Å²) >= 11 is 3.21. The van der Waals surface area contributed by atoms with E-state index in [4.69, 9.17) is 0 Å². The molecule has 0 radical (unpaired) electrons. The second kappa shape index (κ2) is 7.92. The van der Waals surface area contributed by atoms with Crippen LogP contribution >= 0.6 is 15.9 Å². The van der Waals surface area contributed by atoms with Crippen LogP contribution in [0.3, 0.4) is 0 Å². The molecule has 0 fully saturated rings. The average molecular weight is 411 g/mol. The zero-order valence-electron chi connectivity index (χ0n) is 13.5. The number of amides is 1. The Morgan fingerprint density at radius 2 is 1.79 bits per heavy atom. The Bertz CT molecular complexity index is 851. The number of sulfonamides is 1. The lowest BCUT2D eigenvalue weighted by molar-refractivity contribution is -0.116. The molecule has 0 aliphatic carbocycles. The molecule has 0 aliphatic heterocycles. The summed E-state index contributed by atoms with van der Waals surface area (Å²) in [5, 5.41) is 2.76. The topological polar surface area (TPSA) is 75.3 Å². The fourth-order valence-corrected chi connectivity index (χ4v) is 4.11. The van der Waals surface area contributed by atoms with E-state index < -0.39 is 10.0 Å². The number of anilines is 1. The summed E-state index contributed by atoms with van der Waals surface area (Å²) in [6, 6.07) is 12.2. The minimum Gasteiger partial charge on any atom is -0.326 e. The predicted octanol–water partition coefficient (Wildman–Crippen LogP) is 3.37. The molecule has 2 aromatic carbocycles. The molecule has 2 N–H and O–H groups in total. The highest BCUT2D eigenvalue weighted by atomic mass is 79.9. The monoisotopic (exact) mass is 410 g/mol. The van der Waals surface area contributed by atoms with Gasteiger partial charge in [0.1, 0.15) is 0 Å². The van der Waals surface area contributed by atoms with Gasteiger partial charge in [-0.3, -0.25) is 4.79 Å². The number of aryl methyl sites for hydroxylation is 2. The van der Waals surface area contributed by atoms with E-state index in [0.29, 0.717) is 10.2 Å². The Morgan fingerprint density at radius 3 is 2.46 bits per heavy atom. The van der Waals surface area contributed by atoms with Crippen molar-refractivity contribution in [3.63, 3.8) is 0 Å². The van der Waals surface area contributed by atoms with Gasteiger partial charge < -0.3 is 5.32 Å². The minimum absolute atomic E-state index is 0.0281. The Kier molecular flexibility index (Phi) is 6.15. The molecule has 24 heavy (non-hydrogen) atoms. The normalized spacial score (nSPS) is 11.3. The Labute approximate surface area is 150 Å². The van der Waals surface area contributed by atoms with Crippen LogP contribution in [0.15, 0.2) is 51.8 Å². The van der Waals surface area contributed by atoms with Gasteiger partial charge in [0.2, 0.25) is 15.9 Å². The quantitative estimate of drug-likeness (QED) is 0.766. The van der Waals surface area contributed by atoms with Crippen molar-refractivity contribution in [2.45, 2.75) is 25.2 Å². The molecule has 5 nitrogen and oxygen atoms in total. The lowest BCUT2D eigenvalue weighted by Gasteiger charge is -2.09. The third-order valence-corrected chi connectivity index (χ3v) is 6.03. The van der Waals surface area contributed by atoms with Crippen molar-refractivity contribution in [3.05, 3.63) is 58.1 Å². The number of hydrogen-bond acceptors (Lipinski definition) is 3. The molecule has 0 atom stereocenters. The molecule has 128 valence electrons. The van der Waals surface area contributed by atoms with E-state index in [1.54, 1.807) is 18.2 Å². The lowest BCUT2D eigenvalue weighted by atomic mass is 10.1. The van der Waals surface area contributed by atoms with Crippen molar-refractivity contribution in [2.75, 3.05) is 11.9 Å². The van der Waals surface area contributed by atoms with Crippen LogP contribution in [0.1, 0.15) is 17.5 Å². The van der Waals surface area contributed by atoms with Gasteiger partial charge in [-0.25, -0.2) is 13.1 Å². The molecule has 7 heteroatoms. The molecule has 2 rings (SSSR count). The molecule has 1 amide bonds. The molecule has 0 bridgehead atoms. The third kappa shape index (κ3) is 4.90. The van der Waals surface area contributed by atoms with E-state index in [9.17, 15) is 13.2 Å². The van der Waals surface area contributed by atoms with E-state index in [1.807, 2.05) is 32.0 Å². The number of carbonyl (C=O) groups is 1. The number of rotatable bonds is 6. The van der Waals surface area contributed by atoms with Gasteiger partial charge in [-0.15, -0.1) is 0 Å². The van der Waals surface area contributed by atoms with Crippen molar-refractivity contribution in [2.24, 2.45) is 0 Å². The first-order valence-electron chi connectivity index (χ1n) is 7.41. The van der Waals surface area contributed by atoms with Crippen LogP contribution in [-0.4, -0.2) is 20.9 Å². The summed E-state index contributed by atoms with van der Waals surface area (Å²) < 4.78 is 27.3. The van der Waals surface area contributed by atoms with E-state index in [-0.39, 0.29) is 23.8 Å². The highest BCUT2D eigenvalue weighted by molar-refractivity contribution is 9.10. The van der Waals surface area contributed by atoms with Crippen LogP contribution in [0.2, 0.25) is 0 Å². The predicted molar refractivity (Wildman–Crippen MR) is 98.5 cm³/mol. The standard InChI is InChI=1S/C17H19BrN2O3S/c1-12-7-8-14(11-13(12)2)20-17(21)9-10-19-24(22,23)16-6-4-3-5-15(16)18/h3-8,11,19H,9-10H2,1-2H3,(H,20,21). The average Bonchev–Trinajstić information content (AvgIpc) is 2.51. The third-order valence-electron chi connectivity index (χ3n) is 3.56. The number of carbonyl (C=O) groups excluding carboxylic acids is 1. The van der Waals surface area contributed by atoms with Crippen LogP contribution in [0.25, 0.3) is 0 Å². The van der Waals surface area contributed by atoms with Gasteiger partial charge in [-0.05, 0) is 65.2 Å². The molecule has 0 spiro atoms. The van der Waals surface area contributed by atoms with Gasteiger partial charge in [-0.1, -0.05) is 18.2 Å². The largest absolute Gasteiger partial charge is 0.326 e. The first-order valence-corrected chi connectivity index (χ1v) is 9.68. The zero-order chi connectivity index (χ0) is 17.7. The summed E-state index contributed by atoms with van der Waals surface area (Å²) in [5.74, 6) is -0.243. The maximum absolute atomic E-state index is 12.2. The molecule has 0 unspecified atom stereocenters. The van der Waals surface area contributed by atoms with Gasteiger partial charge in [0.15, 0.2) is 0 Å². The van der Waals surface area contributed by atoms with E-state index >= 15 is 0 Å². The van der Waals surface area contributed by atoms with Crippen LogP contribution in [0, 0.1) is 13.8 Å². The first-order chi connectivity index (χ1) is 11.3. The van der Waals surface area contributed by atoms with E-state index in [1.165, 1.54) is 6.07 Å². The van der Waals surface area contributed by atoms with Crippen molar-refractivity contribution in [1.82, 2.24) is 4.72 Å². The van der Waals surface area contributed by atoms with Crippen LogP contribution in [-0.2, 0) is 14.8 Å². The molecule has 0 saturated heterocycles. The lowest BCUT2D eigenvalue weighted by Crippen LogP contribution is -2.28. The summed E-state index contributed by atoms with van der Waals surface area (Å²) in [4.78, 5) is 12.1. The Hall–Kier alpha value is -1.70. The van der Waals surface area contributed by atoms with Gasteiger partial charge in [-0.2, -0.15) is 0 Å². The maximum Gasteiger partial charge on any atom is 0.241 e. The van der Waals surface area contributed by atoms with Gasteiger partial charge in [0.05, 0.1) is 4.90 Å². The summed E-state index contributed by atoms with van der Waals surface area (Å²) in [7, 11) is -3.65. The minimum atomic E-state index is -3.65. The molecule has 0 heterocycles. The zero-order valence-corrected chi connectivity index (χ0v) is 15.9. The molecule has 0 aromatic heterocycles. The SMILES string of the molecule is Cc1ccc(NC(=O)CCNS(=O)(=O)c2ccccc2Br)cc1C. The van der Waals surface area contributed by atoms with E-state index in [0.717, 1.165) is 11.1 Å². The van der Waals surface area contributed by atoms with Crippen molar-refractivity contribution in [3.8, 4) is 0 Å². The highest BCUT2D eigenvalue weighted by Crippen LogP contribution is 2.20. The number of hydrogen-bond donors (Lipinski definition) is 2. The molecular formula is C17H19BrN2O3S. The Balaban J connectivity index is 1.90. The fourth-order valence-electron chi connectivity index (χ4n) is 2.08. The Morgan fingerprint density at radius 1 is 1.08 bits per heavy atom. The fraction of sp³-hybridized carbons (Fsp3) is 0.235. The van der Waals surface area contributed by atoms with Crippen molar-refractivity contribution in [1.29, 1.82) is 0 Å². The van der Waals surface area contributed by atoms with E-state index in [2.05, 4.69) is 26.0 Å². The number of benzene rings is 2. The number of halogens is 1. The van der Waals surface area contributed by atoms with Gasteiger partial charge in [0.25, 0.3) is 0 Å². The molecule has 0 saturated carbocycles. The highest BCUT2D eigenvalue weighted by Gasteiger charge is 2.17. The summed E-state index contributed by atoms with van der Waals surface area (Å²) in [5.41, 5.74) is 2.94. The van der Waals surface area contributed by atoms with Crippen molar-refractivity contribution < 1.29 is 13.2 Å². The maximum atomic E-state index is 12.2. The smallest absolute Gasteiger partial charge is 0.241 e. The van der Waals surface area contributed by atoms with Crippen LogP contribution in [0.4, 0.5) is 5.69 Å². The second-order valence-corrected chi connectivity index (χ2v) is 8.02. The second-order valence-electron chi connectivity index (χ2n) is 5.43. The number of nitrogens with one attached hydrogen (secondary N) is 2. The summed E-state index contributed by atoms with van der Waals surface area (Å²) in [6.45, 7) is 3.99. The first kappa shape index (κ1) is 18.6.